The standard InChI is InChI=1S/C20H22N6OS/c1-4-24-9-6-16(23-24)19(27)26(11-10-25-8-5-7-21-25)20-22-18-15(3)12-14(2)13-17(18)28-20/h5-9,12-13H,4,10-11H2,1-3H3. The monoisotopic (exact) mass is 394 g/mol. The van der Waals surface area contributed by atoms with Gasteiger partial charge >= 0.3 is 0 Å². The van der Waals surface area contributed by atoms with Crippen molar-refractivity contribution < 1.29 is 4.79 Å². The van der Waals surface area contributed by atoms with Gasteiger partial charge < -0.3 is 0 Å². The van der Waals surface area contributed by atoms with Crippen molar-refractivity contribution in [2.24, 2.45) is 0 Å². The minimum atomic E-state index is -0.146. The SMILES string of the molecule is CCn1ccc(C(=O)N(CCn2cccn2)c2nc3c(C)cc(C)cc3s2)n1. The van der Waals surface area contributed by atoms with Crippen LogP contribution in [0.3, 0.4) is 0 Å². The number of thiazole rings is 1. The number of benzene rings is 1. The van der Waals surface area contributed by atoms with Crippen molar-refractivity contribution in [3.63, 3.8) is 0 Å². The average Bonchev–Trinajstić information content (AvgIpc) is 3.42. The predicted octanol–water partition coefficient (Wildman–Crippen LogP) is 3.67. The van der Waals surface area contributed by atoms with Crippen molar-refractivity contribution in [3.8, 4) is 0 Å². The van der Waals surface area contributed by atoms with Crippen LogP contribution in [0.15, 0.2) is 42.9 Å². The van der Waals surface area contributed by atoms with Crippen LogP contribution < -0.4 is 4.90 Å². The molecule has 0 spiro atoms. The van der Waals surface area contributed by atoms with E-state index in [0.29, 0.717) is 23.9 Å². The Hall–Kier alpha value is -3.00. The minimum Gasteiger partial charge on any atom is -0.281 e. The number of anilines is 1. The Labute approximate surface area is 167 Å². The van der Waals surface area contributed by atoms with Crippen molar-refractivity contribution in [1.29, 1.82) is 0 Å². The molecular formula is C20H22N6OS. The molecule has 8 heteroatoms. The van der Waals surface area contributed by atoms with Gasteiger partial charge in [0.05, 0.1) is 16.8 Å². The van der Waals surface area contributed by atoms with Crippen LogP contribution in [0.1, 0.15) is 28.5 Å². The summed E-state index contributed by atoms with van der Waals surface area (Å²) in [6.45, 7) is 7.90. The lowest BCUT2D eigenvalue weighted by molar-refractivity contribution is 0.0980. The molecule has 0 radical (unpaired) electrons. The first-order valence-electron chi connectivity index (χ1n) is 9.25. The molecule has 0 aliphatic heterocycles. The van der Waals surface area contributed by atoms with Gasteiger partial charge in [-0.05, 0) is 50.1 Å². The van der Waals surface area contributed by atoms with Crippen LogP contribution in [0.25, 0.3) is 10.2 Å². The molecule has 0 N–H and O–H groups in total. The summed E-state index contributed by atoms with van der Waals surface area (Å²) in [7, 11) is 0. The Morgan fingerprint density at radius 3 is 2.79 bits per heavy atom. The third-order valence-electron chi connectivity index (χ3n) is 4.59. The van der Waals surface area contributed by atoms with E-state index in [0.717, 1.165) is 22.3 Å². The molecule has 144 valence electrons. The van der Waals surface area contributed by atoms with E-state index in [4.69, 9.17) is 4.98 Å². The summed E-state index contributed by atoms with van der Waals surface area (Å²) in [6.07, 6.45) is 5.45. The van der Waals surface area contributed by atoms with Gasteiger partial charge in [0, 0.05) is 31.7 Å². The first-order valence-corrected chi connectivity index (χ1v) is 10.1. The molecule has 28 heavy (non-hydrogen) atoms. The maximum Gasteiger partial charge on any atom is 0.280 e. The number of rotatable bonds is 6. The highest BCUT2D eigenvalue weighted by molar-refractivity contribution is 7.22. The lowest BCUT2D eigenvalue weighted by Gasteiger charge is -2.18. The van der Waals surface area contributed by atoms with E-state index < -0.39 is 0 Å². The van der Waals surface area contributed by atoms with E-state index in [1.807, 2.05) is 30.1 Å². The smallest absolute Gasteiger partial charge is 0.280 e. The van der Waals surface area contributed by atoms with E-state index >= 15 is 0 Å². The summed E-state index contributed by atoms with van der Waals surface area (Å²) in [5.41, 5.74) is 3.68. The van der Waals surface area contributed by atoms with Gasteiger partial charge in [0.15, 0.2) is 10.8 Å². The van der Waals surface area contributed by atoms with Crippen LogP contribution in [0.2, 0.25) is 0 Å². The van der Waals surface area contributed by atoms with Crippen LogP contribution in [0, 0.1) is 13.8 Å². The molecule has 1 amide bonds. The zero-order valence-electron chi connectivity index (χ0n) is 16.2. The molecule has 3 heterocycles. The zero-order valence-corrected chi connectivity index (χ0v) is 17.0. The summed E-state index contributed by atoms with van der Waals surface area (Å²) in [4.78, 5) is 19.7. The normalized spacial score (nSPS) is 11.2. The van der Waals surface area contributed by atoms with Crippen LogP contribution in [0.5, 0.6) is 0 Å². The summed E-state index contributed by atoms with van der Waals surface area (Å²) >= 11 is 1.54. The van der Waals surface area contributed by atoms with E-state index in [1.54, 1.807) is 21.8 Å². The van der Waals surface area contributed by atoms with Gasteiger partial charge in [-0.2, -0.15) is 10.2 Å². The van der Waals surface area contributed by atoms with E-state index in [-0.39, 0.29) is 5.91 Å². The fourth-order valence-electron chi connectivity index (χ4n) is 3.18. The van der Waals surface area contributed by atoms with Gasteiger partial charge in [0.1, 0.15) is 0 Å². The third kappa shape index (κ3) is 3.55. The van der Waals surface area contributed by atoms with Gasteiger partial charge in [-0.3, -0.25) is 19.1 Å². The number of aryl methyl sites for hydroxylation is 3. The van der Waals surface area contributed by atoms with Crippen LogP contribution in [-0.4, -0.2) is 37.0 Å². The Morgan fingerprint density at radius 2 is 2.07 bits per heavy atom. The number of aromatic nitrogens is 5. The Kier molecular flexibility index (Phi) is 4.95. The molecule has 0 unspecified atom stereocenters. The molecule has 0 saturated heterocycles. The molecule has 0 fully saturated rings. The molecule has 4 rings (SSSR count). The van der Waals surface area contributed by atoms with E-state index in [2.05, 4.69) is 36.2 Å². The zero-order chi connectivity index (χ0) is 19.7. The van der Waals surface area contributed by atoms with Crippen molar-refractivity contribution >= 4 is 32.6 Å². The Balaban J connectivity index is 1.71. The number of carbonyl (C=O) groups is 1. The molecule has 4 aromatic rings. The lowest BCUT2D eigenvalue weighted by atomic mass is 10.1. The molecule has 1 aromatic carbocycles. The number of amides is 1. The quantitative estimate of drug-likeness (QED) is 0.500. The maximum absolute atomic E-state index is 13.2. The number of fused-ring (bicyclic) bond motifs is 1. The van der Waals surface area contributed by atoms with Crippen molar-refractivity contribution in [1.82, 2.24) is 24.5 Å². The van der Waals surface area contributed by atoms with E-state index in [1.165, 1.54) is 16.9 Å². The number of hydrogen-bond donors (Lipinski definition) is 0. The number of nitrogens with zero attached hydrogens (tertiary/aromatic N) is 6. The second kappa shape index (κ2) is 7.55. The van der Waals surface area contributed by atoms with Crippen LogP contribution in [0.4, 0.5) is 5.13 Å². The highest BCUT2D eigenvalue weighted by atomic mass is 32.1. The van der Waals surface area contributed by atoms with Crippen molar-refractivity contribution in [2.45, 2.75) is 33.9 Å². The predicted molar refractivity (Wildman–Crippen MR) is 111 cm³/mol. The highest BCUT2D eigenvalue weighted by Crippen LogP contribution is 2.32. The molecule has 0 aliphatic rings. The molecule has 0 aliphatic carbocycles. The molecular weight excluding hydrogens is 372 g/mol. The molecule has 0 bridgehead atoms. The number of hydrogen-bond acceptors (Lipinski definition) is 5. The molecule has 0 atom stereocenters. The lowest BCUT2D eigenvalue weighted by Crippen LogP contribution is -2.34. The molecule has 7 nitrogen and oxygen atoms in total. The van der Waals surface area contributed by atoms with Crippen LogP contribution in [-0.2, 0) is 13.1 Å². The fraction of sp³-hybridized carbons (Fsp3) is 0.300. The first kappa shape index (κ1) is 18.4. The van der Waals surface area contributed by atoms with Gasteiger partial charge in [0.2, 0.25) is 0 Å². The van der Waals surface area contributed by atoms with Gasteiger partial charge in [-0.15, -0.1) is 0 Å². The van der Waals surface area contributed by atoms with Crippen LogP contribution >= 0.6 is 11.3 Å². The van der Waals surface area contributed by atoms with Gasteiger partial charge in [-0.1, -0.05) is 17.4 Å². The maximum atomic E-state index is 13.2. The summed E-state index contributed by atoms with van der Waals surface area (Å²) in [6, 6.07) is 7.87. The molecule has 0 saturated carbocycles. The minimum absolute atomic E-state index is 0.146. The van der Waals surface area contributed by atoms with Crippen molar-refractivity contribution in [2.75, 3.05) is 11.4 Å². The second-order valence-corrected chi connectivity index (χ2v) is 7.72. The van der Waals surface area contributed by atoms with Crippen molar-refractivity contribution in [3.05, 3.63) is 59.7 Å². The average molecular weight is 395 g/mol. The Bertz CT molecular complexity index is 1110. The number of carbonyl (C=O) groups excluding carboxylic acids is 1. The largest absolute Gasteiger partial charge is 0.281 e. The van der Waals surface area contributed by atoms with E-state index in [9.17, 15) is 4.79 Å². The first-order chi connectivity index (χ1) is 13.5. The van der Waals surface area contributed by atoms with Gasteiger partial charge in [-0.25, -0.2) is 4.98 Å². The summed E-state index contributed by atoms with van der Waals surface area (Å²) in [5.74, 6) is -0.146. The van der Waals surface area contributed by atoms with Gasteiger partial charge in [0.25, 0.3) is 5.91 Å². The summed E-state index contributed by atoms with van der Waals surface area (Å²) < 4.78 is 4.65. The molecule has 3 aromatic heterocycles. The summed E-state index contributed by atoms with van der Waals surface area (Å²) in [5, 5.41) is 9.31. The highest BCUT2D eigenvalue weighted by Gasteiger charge is 2.23. The fourth-order valence-corrected chi connectivity index (χ4v) is 4.35. The topological polar surface area (TPSA) is 68.8 Å². The third-order valence-corrected chi connectivity index (χ3v) is 5.62. The Morgan fingerprint density at radius 1 is 1.21 bits per heavy atom. The second-order valence-electron chi connectivity index (χ2n) is 6.71.